The SMILES string of the molecule is Cc1cnc(N2CCC2C)c2cnc(Cl)cc12. The molecule has 1 aliphatic heterocycles. The van der Waals surface area contributed by atoms with Gasteiger partial charge in [0.05, 0.1) is 0 Å². The number of aryl methyl sites for hydroxylation is 1. The summed E-state index contributed by atoms with van der Waals surface area (Å²) in [5.74, 6) is 1.04. The third-order valence-electron chi connectivity index (χ3n) is 3.51. The smallest absolute Gasteiger partial charge is 0.138 e. The third kappa shape index (κ3) is 1.65. The van der Waals surface area contributed by atoms with Crippen LogP contribution in [0.4, 0.5) is 5.82 Å². The maximum atomic E-state index is 5.95. The number of hydrogen-bond acceptors (Lipinski definition) is 3. The van der Waals surface area contributed by atoms with E-state index in [0.717, 1.165) is 28.7 Å². The van der Waals surface area contributed by atoms with Crippen LogP contribution in [-0.2, 0) is 0 Å². The van der Waals surface area contributed by atoms with Crippen LogP contribution in [0.15, 0.2) is 18.5 Å². The zero-order chi connectivity index (χ0) is 12.0. The van der Waals surface area contributed by atoms with Crippen LogP contribution in [0.2, 0.25) is 5.15 Å². The molecule has 0 aliphatic carbocycles. The minimum atomic E-state index is 0.536. The number of aromatic nitrogens is 2. The van der Waals surface area contributed by atoms with E-state index in [1.807, 2.05) is 18.5 Å². The lowest BCUT2D eigenvalue weighted by Gasteiger charge is -2.40. The van der Waals surface area contributed by atoms with E-state index < -0.39 is 0 Å². The number of hydrogen-bond donors (Lipinski definition) is 0. The summed E-state index contributed by atoms with van der Waals surface area (Å²) in [5, 5.41) is 2.78. The fraction of sp³-hybridized carbons (Fsp3) is 0.385. The first-order chi connectivity index (χ1) is 8.16. The second-order valence-electron chi connectivity index (χ2n) is 4.65. The Morgan fingerprint density at radius 3 is 2.76 bits per heavy atom. The molecule has 0 spiro atoms. The van der Waals surface area contributed by atoms with Gasteiger partial charge in [-0.05, 0) is 37.3 Å². The summed E-state index contributed by atoms with van der Waals surface area (Å²) in [6.45, 7) is 5.35. The van der Waals surface area contributed by atoms with E-state index in [0.29, 0.717) is 11.2 Å². The van der Waals surface area contributed by atoms with Gasteiger partial charge in [0.2, 0.25) is 0 Å². The molecule has 1 aliphatic rings. The summed E-state index contributed by atoms with van der Waals surface area (Å²) in [6, 6.07) is 2.49. The molecule has 3 heterocycles. The number of rotatable bonds is 1. The van der Waals surface area contributed by atoms with Gasteiger partial charge in [-0.15, -0.1) is 0 Å². The molecule has 1 saturated heterocycles. The van der Waals surface area contributed by atoms with Crippen LogP contribution in [0.25, 0.3) is 10.8 Å². The molecule has 0 bridgehead atoms. The van der Waals surface area contributed by atoms with Gasteiger partial charge in [0, 0.05) is 30.4 Å². The first kappa shape index (κ1) is 10.8. The van der Waals surface area contributed by atoms with E-state index in [1.165, 1.54) is 6.42 Å². The van der Waals surface area contributed by atoms with E-state index >= 15 is 0 Å². The molecule has 0 amide bonds. The average molecular weight is 248 g/mol. The minimum absolute atomic E-state index is 0.536. The number of anilines is 1. The normalized spacial score (nSPS) is 19.5. The van der Waals surface area contributed by atoms with E-state index in [-0.39, 0.29) is 0 Å². The van der Waals surface area contributed by atoms with Crippen LogP contribution in [0.1, 0.15) is 18.9 Å². The van der Waals surface area contributed by atoms with E-state index in [4.69, 9.17) is 11.6 Å². The fourth-order valence-electron chi connectivity index (χ4n) is 2.29. The van der Waals surface area contributed by atoms with Crippen molar-refractivity contribution < 1.29 is 0 Å². The molecule has 0 saturated carbocycles. The lowest BCUT2D eigenvalue weighted by molar-refractivity contribution is 0.478. The quantitative estimate of drug-likeness (QED) is 0.725. The Bertz CT molecular complexity index is 582. The molecular weight excluding hydrogens is 234 g/mol. The van der Waals surface area contributed by atoms with Gasteiger partial charge in [-0.2, -0.15) is 0 Å². The molecule has 1 atom stereocenters. The van der Waals surface area contributed by atoms with Crippen molar-refractivity contribution in [3.63, 3.8) is 0 Å². The predicted octanol–water partition coefficient (Wildman–Crippen LogP) is 3.19. The predicted molar refractivity (Wildman–Crippen MR) is 70.7 cm³/mol. The Hall–Kier alpha value is -1.35. The fourth-order valence-corrected chi connectivity index (χ4v) is 2.45. The van der Waals surface area contributed by atoms with Gasteiger partial charge in [0.25, 0.3) is 0 Å². The summed E-state index contributed by atoms with van der Waals surface area (Å²) in [6.07, 6.45) is 4.98. The van der Waals surface area contributed by atoms with E-state index in [1.54, 1.807) is 0 Å². The van der Waals surface area contributed by atoms with Crippen LogP contribution in [0.3, 0.4) is 0 Å². The van der Waals surface area contributed by atoms with Crippen molar-refractivity contribution in [3.8, 4) is 0 Å². The second-order valence-corrected chi connectivity index (χ2v) is 5.04. The molecule has 2 aromatic rings. The summed E-state index contributed by atoms with van der Waals surface area (Å²) in [4.78, 5) is 11.0. The first-order valence-electron chi connectivity index (χ1n) is 5.84. The highest BCUT2D eigenvalue weighted by molar-refractivity contribution is 6.30. The molecule has 2 aromatic heterocycles. The summed E-state index contributed by atoms with van der Waals surface area (Å²) in [7, 11) is 0. The average Bonchev–Trinajstić information content (AvgIpc) is 2.31. The van der Waals surface area contributed by atoms with Gasteiger partial charge in [-0.1, -0.05) is 11.6 Å². The largest absolute Gasteiger partial charge is 0.353 e. The lowest BCUT2D eigenvalue weighted by atomic mass is 10.0. The summed E-state index contributed by atoms with van der Waals surface area (Å²) >= 11 is 5.95. The Morgan fingerprint density at radius 2 is 2.12 bits per heavy atom. The monoisotopic (exact) mass is 247 g/mol. The standard InChI is InChI=1S/C13H14ClN3/c1-8-6-16-13(17-4-3-9(17)2)11-7-15-12(14)5-10(8)11/h5-7,9H,3-4H2,1-2H3. The highest BCUT2D eigenvalue weighted by atomic mass is 35.5. The third-order valence-corrected chi connectivity index (χ3v) is 3.72. The summed E-state index contributed by atoms with van der Waals surface area (Å²) < 4.78 is 0. The molecule has 1 unspecified atom stereocenters. The Kier molecular flexibility index (Phi) is 2.44. The van der Waals surface area contributed by atoms with Crippen molar-refractivity contribution in [1.82, 2.24) is 9.97 Å². The maximum Gasteiger partial charge on any atom is 0.138 e. The molecule has 3 rings (SSSR count). The van der Waals surface area contributed by atoms with Crippen molar-refractivity contribution in [2.75, 3.05) is 11.4 Å². The Labute approximate surface area is 105 Å². The van der Waals surface area contributed by atoms with Crippen LogP contribution < -0.4 is 4.90 Å². The van der Waals surface area contributed by atoms with Crippen LogP contribution >= 0.6 is 11.6 Å². The molecule has 4 heteroatoms. The van der Waals surface area contributed by atoms with E-state index in [2.05, 4.69) is 28.7 Å². The van der Waals surface area contributed by atoms with Crippen molar-refractivity contribution >= 4 is 28.2 Å². The molecule has 88 valence electrons. The Balaban J connectivity index is 2.22. The lowest BCUT2D eigenvalue weighted by Crippen LogP contribution is -2.46. The number of halogens is 1. The molecule has 17 heavy (non-hydrogen) atoms. The highest BCUT2D eigenvalue weighted by Crippen LogP contribution is 2.32. The van der Waals surface area contributed by atoms with E-state index in [9.17, 15) is 0 Å². The van der Waals surface area contributed by atoms with Gasteiger partial charge in [0.1, 0.15) is 11.0 Å². The number of pyridine rings is 2. The van der Waals surface area contributed by atoms with Crippen LogP contribution in [0.5, 0.6) is 0 Å². The topological polar surface area (TPSA) is 29.0 Å². The molecule has 3 nitrogen and oxygen atoms in total. The zero-order valence-corrected chi connectivity index (χ0v) is 10.7. The first-order valence-corrected chi connectivity index (χ1v) is 6.22. The zero-order valence-electron chi connectivity index (χ0n) is 9.94. The minimum Gasteiger partial charge on any atom is -0.353 e. The number of nitrogens with zero attached hydrogens (tertiary/aromatic N) is 3. The molecule has 0 aromatic carbocycles. The maximum absolute atomic E-state index is 5.95. The molecule has 0 N–H and O–H groups in total. The second kappa shape index (κ2) is 3.84. The van der Waals surface area contributed by atoms with Gasteiger partial charge < -0.3 is 4.90 Å². The van der Waals surface area contributed by atoms with Crippen LogP contribution in [-0.4, -0.2) is 22.6 Å². The van der Waals surface area contributed by atoms with Crippen molar-refractivity contribution in [2.45, 2.75) is 26.3 Å². The van der Waals surface area contributed by atoms with Crippen molar-refractivity contribution in [1.29, 1.82) is 0 Å². The van der Waals surface area contributed by atoms with Gasteiger partial charge in [-0.3, -0.25) is 0 Å². The molecule has 0 radical (unpaired) electrons. The van der Waals surface area contributed by atoms with Crippen molar-refractivity contribution in [2.24, 2.45) is 0 Å². The highest BCUT2D eigenvalue weighted by Gasteiger charge is 2.26. The van der Waals surface area contributed by atoms with Gasteiger partial charge in [0.15, 0.2) is 0 Å². The van der Waals surface area contributed by atoms with Crippen LogP contribution in [0, 0.1) is 6.92 Å². The van der Waals surface area contributed by atoms with Gasteiger partial charge in [-0.25, -0.2) is 9.97 Å². The number of fused-ring (bicyclic) bond motifs is 1. The molecule has 1 fully saturated rings. The Morgan fingerprint density at radius 1 is 1.29 bits per heavy atom. The van der Waals surface area contributed by atoms with Crippen molar-refractivity contribution in [3.05, 3.63) is 29.2 Å². The van der Waals surface area contributed by atoms with Gasteiger partial charge >= 0.3 is 0 Å². The summed E-state index contributed by atoms with van der Waals surface area (Å²) in [5.41, 5.74) is 1.14. The molecular formula is C13H14ClN3.